The second-order valence-corrected chi connectivity index (χ2v) is 9.62. The summed E-state index contributed by atoms with van der Waals surface area (Å²) in [7, 11) is 0. The number of carbonyl (C=O) groups is 6. The van der Waals surface area contributed by atoms with E-state index in [4.69, 9.17) is 102 Å². The minimum atomic E-state index is -2.60. The standard InChI is InChI=1S/C14H10Cl8O11/c15-6(16)11(26)30-2(1-23)3(31-12(27)7(17)18)4(32-13(28)8(19)20)5(10(24)25)33-14(29)9(21)22/h1-9H,(H,24,25)/t2-,3+,4-,5-/m0/s1. The van der Waals surface area contributed by atoms with Crippen molar-refractivity contribution in [3.05, 3.63) is 0 Å². The van der Waals surface area contributed by atoms with Crippen LogP contribution in [-0.4, -0.2) is 85.0 Å². The average Bonchev–Trinajstić information content (AvgIpc) is 2.71. The van der Waals surface area contributed by atoms with Crippen LogP contribution in [0.5, 0.6) is 0 Å². The van der Waals surface area contributed by atoms with Gasteiger partial charge in [0.15, 0.2) is 24.6 Å². The number of halogens is 8. The van der Waals surface area contributed by atoms with Gasteiger partial charge in [0.2, 0.25) is 25.4 Å². The lowest BCUT2D eigenvalue weighted by Gasteiger charge is -2.33. The number of carboxylic acid groups (broad SMARTS) is 1. The summed E-state index contributed by atoms with van der Waals surface area (Å²) >= 11 is 42.7. The van der Waals surface area contributed by atoms with E-state index in [0.717, 1.165) is 0 Å². The molecule has 0 aliphatic heterocycles. The van der Waals surface area contributed by atoms with Crippen LogP contribution in [0.4, 0.5) is 0 Å². The molecule has 0 fully saturated rings. The minimum absolute atomic E-state index is 0.199. The van der Waals surface area contributed by atoms with Gasteiger partial charge in [0.05, 0.1) is 0 Å². The molecule has 0 heterocycles. The summed E-state index contributed by atoms with van der Waals surface area (Å²) in [6.45, 7) is 0. The quantitative estimate of drug-likeness (QED) is 0.136. The molecule has 0 aromatic rings. The molecule has 4 atom stereocenters. The van der Waals surface area contributed by atoms with Gasteiger partial charge in [-0.15, -0.1) is 0 Å². The molecule has 0 rings (SSSR count). The molecule has 0 aliphatic carbocycles. The highest BCUT2D eigenvalue weighted by Crippen LogP contribution is 2.23. The maximum absolute atomic E-state index is 12.0. The van der Waals surface area contributed by atoms with E-state index in [-0.39, 0.29) is 6.29 Å². The molecule has 0 unspecified atom stereocenters. The normalized spacial score (nSPS) is 14.9. The van der Waals surface area contributed by atoms with Gasteiger partial charge in [0.1, 0.15) is 0 Å². The third-order valence-electron chi connectivity index (χ3n) is 3.04. The molecule has 1 N–H and O–H groups in total. The monoisotopic (exact) mass is 634 g/mol. The molecular weight excluding hydrogens is 628 g/mol. The SMILES string of the molecule is O=C[C@H](OC(=O)C(Cl)Cl)[C@@H](OC(=O)C(Cl)Cl)[C@H](OC(=O)C(Cl)Cl)[C@H](OC(=O)C(Cl)Cl)C(=O)O. The minimum Gasteiger partial charge on any atom is -0.478 e. The van der Waals surface area contributed by atoms with Crippen LogP contribution in [0.3, 0.4) is 0 Å². The summed E-state index contributed by atoms with van der Waals surface area (Å²) in [5, 5.41) is 9.49. The number of aliphatic carboxylic acids is 1. The highest BCUT2D eigenvalue weighted by molar-refractivity contribution is 6.54. The predicted octanol–water partition coefficient (Wildman–Crippen LogP) is 2.13. The predicted molar refractivity (Wildman–Crippen MR) is 115 cm³/mol. The molecule has 0 aromatic carbocycles. The summed E-state index contributed by atoms with van der Waals surface area (Å²) in [4.78, 5) is 63.1. The highest BCUT2D eigenvalue weighted by Gasteiger charge is 2.49. The summed E-state index contributed by atoms with van der Waals surface area (Å²) in [5.41, 5.74) is 0. The molecule has 0 radical (unpaired) electrons. The number of alkyl halides is 8. The number of ether oxygens (including phenoxy) is 4. The van der Waals surface area contributed by atoms with Gasteiger partial charge in [0.25, 0.3) is 0 Å². The lowest BCUT2D eigenvalue weighted by molar-refractivity contribution is -0.202. The van der Waals surface area contributed by atoms with Crippen LogP contribution >= 0.6 is 92.8 Å². The Balaban J connectivity index is 6.60. The van der Waals surface area contributed by atoms with Crippen LogP contribution < -0.4 is 0 Å². The molecule has 0 bridgehead atoms. The van der Waals surface area contributed by atoms with Gasteiger partial charge in [-0.05, 0) is 0 Å². The van der Waals surface area contributed by atoms with Crippen molar-refractivity contribution in [2.45, 2.75) is 43.8 Å². The van der Waals surface area contributed by atoms with Crippen molar-refractivity contribution >= 4 is 129 Å². The molecular formula is C14H10Cl8O11. The molecule has 0 saturated carbocycles. The van der Waals surface area contributed by atoms with Crippen molar-refractivity contribution in [2.75, 3.05) is 0 Å². The summed E-state index contributed by atoms with van der Waals surface area (Å²) < 4.78 is 18.7. The Kier molecular flexibility index (Phi) is 15.1. The smallest absolute Gasteiger partial charge is 0.349 e. The number of hydrogen-bond donors (Lipinski definition) is 1. The number of rotatable bonds is 13. The van der Waals surface area contributed by atoms with E-state index in [1.807, 2.05) is 0 Å². The van der Waals surface area contributed by atoms with Gasteiger partial charge in [-0.2, -0.15) is 0 Å². The van der Waals surface area contributed by atoms with Crippen LogP contribution in [0.2, 0.25) is 0 Å². The van der Waals surface area contributed by atoms with Crippen molar-refractivity contribution in [3.63, 3.8) is 0 Å². The second kappa shape index (κ2) is 15.4. The number of esters is 4. The average molecular weight is 638 g/mol. The second-order valence-electron chi connectivity index (χ2n) is 5.24. The highest BCUT2D eigenvalue weighted by atomic mass is 35.5. The van der Waals surface area contributed by atoms with Crippen LogP contribution in [0.15, 0.2) is 0 Å². The Morgan fingerprint density at radius 3 is 1.24 bits per heavy atom. The fraction of sp³-hybridized carbons (Fsp3) is 0.571. The number of aldehydes is 1. The van der Waals surface area contributed by atoms with E-state index < -0.39 is 73.6 Å². The Morgan fingerprint density at radius 1 is 0.576 bits per heavy atom. The van der Waals surface area contributed by atoms with Gasteiger partial charge in [-0.25, -0.2) is 24.0 Å². The van der Waals surface area contributed by atoms with Crippen LogP contribution in [0.1, 0.15) is 0 Å². The largest absolute Gasteiger partial charge is 0.478 e. The molecule has 33 heavy (non-hydrogen) atoms. The maximum atomic E-state index is 12.0. The van der Waals surface area contributed by atoms with Crippen LogP contribution in [0, 0.1) is 0 Å². The maximum Gasteiger partial charge on any atom is 0.349 e. The zero-order valence-corrected chi connectivity index (χ0v) is 21.3. The van der Waals surface area contributed by atoms with E-state index in [2.05, 4.69) is 9.47 Å². The van der Waals surface area contributed by atoms with Crippen molar-refractivity contribution in [1.82, 2.24) is 0 Å². The van der Waals surface area contributed by atoms with Gasteiger partial charge >= 0.3 is 29.8 Å². The van der Waals surface area contributed by atoms with E-state index in [1.54, 1.807) is 0 Å². The first kappa shape index (κ1) is 32.3. The molecule has 0 spiro atoms. The molecule has 188 valence electrons. The molecule has 11 nitrogen and oxygen atoms in total. The van der Waals surface area contributed by atoms with Crippen molar-refractivity contribution in [2.24, 2.45) is 0 Å². The van der Waals surface area contributed by atoms with Crippen molar-refractivity contribution < 1.29 is 52.8 Å². The summed E-state index contributed by atoms with van der Waals surface area (Å²) in [5.74, 6) is -8.21. The Hall–Kier alpha value is -0.660. The third-order valence-corrected chi connectivity index (χ3v) is 4.46. The Bertz CT molecular complexity index is 745. The fourth-order valence-electron chi connectivity index (χ4n) is 1.79. The number of hydrogen-bond acceptors (Lipinski definition) is 10. The Labute approximate surface area is 224 Å². The molecule has 0 saturated heterocycles. The van der Waals surface area contributed by atoms with Crippen molar-refractivity contribution in [3.8, 4) is 0 Å². The zero-order chi connectivity index (χ0) is 26.0. The first-order valence-electron chi connectivity index (χ1n) is 7.76. The lowest BCUT2D eigenvalue weighted by atomic mass is 10.0. The van der Waals surface area contributed by atoms with Gasteiger partial charge < -0.3 is 24.1 Å². The van der Waals surface area contributed by atoms with Crippen molar-refractivity contribution in [1.29, 1.82) is 0 Å². The number of carbonyl (C=O) groups excluding carboxylic acids is 5. The summed E-state index contributed by atoms with van der Waals surface area (Å²) in [6, 6.07) is 0. The van der Waals surface area contributed by atoms with E-state index >= 15 is 0 Å². The lowest BCUT2D eigenvalue weighted by Crippen LogP contribution is -2.55. The summed E-state index contributed by atoms with van der Waals surface area (Å²) in [6.07, 6.45) is -9.94. The molecule has 19 heteroatoms. The topological polar surface area (TPSA) is 160 Å². The molecule has 0 aliphatic rings. The van der Waals surface area contributed by atoms with Gasteiger partial charge in [0, 0.05) is 0 Å². The van der Waals surface area contributed by atoms with Gasteiger partial charge in [-0.3, -0.25) is 4.79 Å². The first-order valence-corrected chi connectivity index (χ1v) is 11.3. The first-order chi connectivity index (χ1) is 15.1. The van der Waals surface area contributed by atoms with E-state index in [0.29, 0.717) is 0 Å². The van der Waals surface area contributed by atoms with Gasteiger partial charge in [-0.1, -0.05) is 92.8 Å². The molecule has 0 aromatic heterocycles. The zero-order valence-electron chi connectivity index (χ0n) is 15.2. The van der Waals surface area contributed by atoms with Crippen LogP contribution in [0.25, 0.3) is 0 Å². The van der Waals surface area contributed by atoms with Crippen LogP contribution in [-0.2, 0) is 47.7 Å². The number of carboxylic acids is 1. The third kappa shape index (κ3) is 11.1. The Morgan fingerprint density at radius 2 is 0.909 bits per heavy atom. The fourth-order valence-corrected chi connectivity index (χ4v) is 2.20. The van der Waals surface area contributed by atoms with E-state index in [9.17, 15) is 33.9 Å². The van der Waals surface area contributed by atoms with E-state index in [1.165, 1.54) is 0 Å². The molecule has 0 amide bonds.